The van der Waals surface area contributed by atoms with Gasteiger partial charge in [-0.3, -0.25) is 13.9 Å². The van der Waals surface area contributed by atoms with Gasteiger partial charge >= 0.3 is 5.69 Å². The van der Waals surface area contributed by atoms with Crippen molar-refractivity contribution in [3.05, 3.63) is 78.5 Å². The third kappa shape index (κ3) is 3.17. The van der Waals surface area contributed by atoms with E-state index in [0.717, 1.165) is 4.57 Å². The summed E-state index contributed by atoms with van der Waals surface area (Å²) < 4.78 is 10.5. The molecule has 0 radical (unpaired) electrons. The third-order valence-electron chi connectivity index (χ3n) is 6.04. The molecular weight excluding hydrogens is 469 g/mol. The van der Waals surface area contributed by atoms with Crippen LogP contribution in [0.1, 0.15) is 17.4 Å². The van der Waals surface area contributed by atoms with Crippen LogP contribution in [0.15, 0.2) is 46.0 Å². The monoisotopic (exact) mass is 487 g/mol. The van der Waals surface area contributed by atoms with Crippen molar-refractivity contribution < 1.29 is 14.9 Å². The summed E-state index contributed by atoms with van der Waals surface area (Å²) in [7, 11) is 3.03. The van der Waals surface area contributed by atoms with Gasteiger partial charge in [-0.2, -0.15) is 0 Å². The number of nitrogens with zero attached hydrogens (tertiary/aromatic N) is 3. The second kappa shape index (κ2) is 7.69. The van der Waals surface area contributed by atoms with Gasteiger partial charge in [0.05, 0.1) is 33.9 Å². The highest BCUT2D eigenvalue weighted by Crippen LogP contribution is 2.43. The number of ether oxygens (including phenoxy) is 1. The summed E-state index contributed by atoms with van der Waals surface area (Å²) in [6.07, 6.45) is -0.703. The Morgan fingerprint density at radius 1 is 1.00 bits per heavy atom. The molecule has 1 aliphatic heterocycles. The summed E-state index contributed by atoms with van der Waals surface area (Å²) >= 11 is 12.7. The van der Waals surface area contributed by atoms with Gasteiger partial charge in [-0.15, -0.1) is 0 Å². The number of benzene rings is 2. The fourth-order valence-electron chi connectivity index (χ4n) is 4.50. The number of aromatic nitrogens is 3. The largest absolute Gasteiger partial charge is 0.504 e. The van der Waals surface area contributed by atoms with Gasteiger partial charge in [-0.05, 0) is 35.9 Å². The van der Waals surface area contributed by atoms with Crippen LogP contribution in [0.25, 0.3) is 22.2 Å². The van der Waals surface area contributed by atoms with Gasteiger partial charge in [0.2, 0.25) is 0 Å². The van der Waals surface area contributed by atoms with E-state index >= 15 is 0 Å². The minimum atomic E-state index is -0.703. The lowest BCUT2D eigenvalue weighted by molar-refractivity contribution is 0.0477. The van der Waals surface area contributed by atoms with Crippen LogP contribution < -0.4 is 11.2 Å². The summed E-state index contributed by atoms with van der Waals surface area (Å²) in [6.45, 7) is 0.725. The Morgan fingerprint density at radius 2 is 1.76 bits per heavy atom. The number of fused-ring (bicyclic) bond motifs is 3. The van der Waals surface area contributed by atoms with Crippen molar-refractivity contribution >= 4 is 34.1 Å². The highest BCUT2D eigenvalue weighted by molar-refractivity contribution is 6.36. The lowest BCUT2D eigenvalue weighted by Gasteiger charge is -2.28. The molecule has 1 aliphatic rings. The molecule has 0 saturated carbocycles. The van der Waals surface area contributed by atoms with E-state index in [1.54, 1.807) is 31.3 Å². The first-order valence-corrected chi connectivity index (χ1v) is 10.9. The normalized spacial score (nSPS) is 15.7. The topological polar surface area (TPSA) is 98.6 Å². The van der Waals surface area contributed by atoms with Gasteiger partial charge in [-0.25, -0.2) is 4.79 Å². The second-order valence-corrected chi connectivity index (χ2v) is 8.78. The Labute approximate surface area is 197 Å². The Morgan fingerprint density at radius 3 is 2.45 bits per heavy atom. The number of hydrogen-bond donors (Lipinski definition) is 2. The molecule has 2 N–H and O–H groups in total. The summed E-state index contributed by atoms with van der Waals surface area (Å²) in [6, 6.07) is 9.44. The van der Waals surface area contributed by atoms with Crippen LogP contribution >= 0.6 is 23.2 Å². The van der Waals surface area contributed by atoms with Crippen LogP contribution in [-0.4, -0.2) is 30.5 Å². The molecule has 0 bridgehead atoms. The van der Waals surface area contributed by atoms with Gasteiger partial charge in [0.15, 0.2) is 11.5 Å². The van der Waals surface area contributed by atoms with E-state index < -0.39 is 17.4 Å². The Bertz CT molecular complexity index is 1570. The van der Waals surface area contributed by atoms with Crippen LogP contribution in [0.4, 0.5) is 0 Å². The fraction of sp³-hybridized carbons (Fsp3) is 0.217. The van der Waals surface area contributed by atoms with E-state index in [-0.39, 0.29) is 11.5 Å². The quantitative estimate of drug-likeness (QED) is 0.421. The van der Waals surface area contributed by atoms with Crippen LogP contribution in [0, 0.1) is 0 Å². The predicted molar refractivity (Wildman–Crippen MR) is 125 cm³/mol. The molecule has 4 aromatic rings. The molecule has 2 aromatic heterocycles. The standard InChI is InChI=1S/C23H19Cl2N3O5/c1-26-19-17(22(31)27(2)23(26)32)18(13-5-4-12(24)10-14(13)25)28-7-8-33-21(20(19)28)11-3-6-15(29)16(30)9-11/h3-6,9-10,21,29-30H,7-8H2,1-2H3. The number of rotatable bonds is 2. The molecule has 1 unspecified atom stereocenters. The van der Waals surface area contributed by atoms with Gasteiger partial charge in [0.25, 0.3) is 5.56 Å². The van der Waals surface area contributed by atoms with Crippen molar-refractivity contribution in [3.8, 4) is 22.8 Å². The van der Waals surface area contributed by atoms with Gasteiger partial charge in [0.1, 0.15) is 6.10 Å². The van der Waals surface area contributed by atoms with Crippen molar-refractivity contribution in [1.29, 1.82) is 0 Å². The molecule has 3 heterocycles. The minimum Gasteiger partial charge on any atom is -0.504 e. The maximum Gasteiger partial charge on any atom is 0.331 e. The zero-order valence-corrected chi connectivity index (χ0v) is 19.2. The number of hydrogen-bond acceptors (Lipinski definition) is 5. The molecule has 10 heteroatoms. The van der Waals surface area contributed by atoms with Crippen molar-refractivity contribution in [2.75, 3.05) is 6.61 Å². The zero-order chi connectivity index (χ0) is 23.6. The Kier molecular flexibility index (Phi) is 5.04. The number of phenols is 2. The summed E-state index contributed by atoms with van der Waals surface area (Å²) in [5.74, 6) is -0.556. The van der Waals surface area contributed by atoms with E-state index in [0.29, 0.717) is 56.6 Å². The van der Waals surface area contributed by atoms with E-state index in [1.807, 2.05) is 4.57 Å². The van der Waals surface area contributed by atoms with Crippen molar-refractivity contribution in [2.45, 2.75) is 12.6 Å². The number of aryl methyl sites for hydroxylation is 1. The van der Waals surface area contributed by atoms with Crippen molar-refractivity contribution in [1.82, 2.24) is 13.7 Å². The van der Waals surface area contributed by atoms with E-state index in [4.69, 9.17) is 27.9 Å². The maximum absolute atomic E-state index is 13.4. The number of halogens is 2. The van der Waals surface area contributed by atoms with Crippen LogP contribution in [-0.2, 0) is 25.4 Å². The van der Waals surface area contributed by atoms with Crippen molar-refractivity contribution in [3.63, 3.8) is 0 Å². The number of aromatic hydroxyl groups is 2. The zero-order valence-electron chi connectivity index (χ0n) is 17.7. The molecule has 2 aromatic carbocycles. The average Bonchev–Trinajstić information content (AvgIpc) is 3.13. The Hall–Kier alpha value is -3.20. The minimum absolute atomic E-state index is 0.260. The van der Waals surface area contributed by atoms with Crippen LogP contribution in [0.5, 0.6) is 11.5 Å². The highest BCUT2D eigenvalue weighted by atomic mass is 35.5. The van der Waals surface area contributed by atoms with E-state index in [1.165, 1.54) is 23.7 Å². The summed E-state index contributed by atoms with van der Waals surface area (Å²) in [5, 5.41) is 21.0. The third-order valence-corrected chi connectivity index (χ3v) is 6.59. The van der Waals surface area contributed by atoms with E-state index in [2.05, 4.69) is 0 Å². The average molecular weight is 488 g/mol. The van der Waals surface area contributed by atoms with Crippen LogP contribution in [0.2, 0.25) is 10.0 Å². The highest BCUT2D eigenvalue weighted by Gasteiger charge is 2.33. The fourth-order valence-corrected chi connectivity index (χ4v) is 5.00. The second-order valence-electron chi connectivity index (χ2n) is 7.94. The molecule has 8 nitrogen and oxygen atoms in total. The molecule has 33 heavy (non-hydrogen) atoms. The first-order chi connectivity index (χ1) is 15.7. The van der Waals surface area contributed by atoms with E-state index in [9.17, 15) is 19.8 Å². The predicted octanol–water partition coefficient (Wildman–Crippen LogP) is 3.54. The molecule has 1 atom stereocenters. The molecular formula is C23H19Cl2N3O5. The molecule has 0 fully saturated rings. The molecule has 0 spiro atoms. The molecule has 170 valence electrons. The van der Waals surface area contributed by atoms with Gasteiger partial charge < -0.3 is 19.5 Å². The van der Waals surface area contributed by atoms with Crippen LogP contribution in [0.3, 0.4) is 0 Å². The maximum atomic E-state index is 13.4. The molecule has 0 amide bonds. The summed E-state index contributed by atoms with van der Waals surface area (Å²) in [4.78, 5) is 26.2. The first-order valence-electron chi connectivity index (χ1n) is 10.1. The lowest BCUT2D eigenvalue weighted by atomic mass is 10.0. The molecule has 0 saturated heterocycles. The molecule has 0 aliphatic carbocycles. The van der Waals surface area contributed by atoms with Crippen molar-refractivity contribution in [2.24, 2.45) is 14.1 Å². The molecule has 5 rings (SSSR count). The van der Waals surface area contributed by atoms with Gasteiger partial charge in [-0.1, -0.05) is 29.3 Å². The summed E-state index contributed by atoms with van der Waals surface area (Å²) in [5.41, 5.74) is 1.79. The Balaban J connectivity index is 1.95. The lowest BCUT2D eigenvalue weighted by Crippen LogP contribution is -2.37. The first kappa shape index (κ1) is 21.6. The SMILES string of the molecule is Cn1c(=O)c2c(-c3ccc(Cl)cc3Cl)n3c(c2n(C)c1=O)C(c1ccc(O)c(O)c1)OCC3. The van der Waals surface area contributed by atoms with Gasteiger partial charge in [0, 0.05) is 31.2 Å². The smallest absolute Gasteiger partial charge is 0.331 e. The number of phenolic OH excluding ortho intramolecular Hbond substituents is 2.